The number of phenols is 1. The average molecular weight is 564 g/mol. The summed E-state index contributed by atoms with van der Waals surface area (Å²) in [6.07, 6.45) is 5.46. The van der Waals surface area contributed by atoms with Gasteiger partial charge in [0.2, 0.25) is 5.91 Å². The minimum absolute atomic E-state index is 0.0817. The van der Waals surface area contributed by atoms with Gasteiger partial charge in [-0.3, -0.25) is 14.4 Å². The number of carbonyl (C=O) groups excluding carboxylic acids is 3. The largest absolute Gasteiger partial charge is 0.508 e. The second-order valence-corrected chi connectivity index (χ2v) is 13.0. The minimum Gasteiger partial charge on any atom is -0.508 e. The van der Waals surface area contributed by atoms with E-state index in [2.05, 4.69) is 5.32 Å². The number of carbonyl (C=O) groups is 4. The summed E-state index contributed by atoms with van der Waals surface area (Å²) in [7, 11) is 0. The van der Waals surface area contributed by atoms with E-state index in [-0.39, 0.29) is 58.2 Å². The Morgan fingerprint density at radius 3 is 2.32 bits per heavy atom. The number of nitrogens with one attached hydrogen (secondary N) is 1. The predicted molar refractivity (Wildman–Crippen MR) is 154 cm³/mol. The molecule has 1 amide bonds. The average Bonchev–Trinajstić information content (AvgIpc) is 3.23. The number of rotatable bonds is 8. The van der Waals surface area contributed by atoms with Crippen LogP contribution in [0, 0.1) is 36.0 Å². The number of hydrogen-bond donors (Lipinski definition) is 4. The first-order chi connectivity index (χ1) is 18.9. The van der Waals surface area contributed by atoms with Crippen molar-refractivity contribution in [3.63, 3.8) is 0 Å². The van der Waals surface area contributed by atoms with Crippen LogP contribution in [0.5, 0.6) is 5.75 Å². The Labute approximate surface area is 241 Å². The fraction of sp³-hybridized carbons (Fsp3) is 0.515. The highest BCUT2D eigenvalue weighted by atomic mass is 16.4. The number of aromatic hydroxyl groups is 1. The van der Waals surface area contributed by atoms with Crippen molar-refractivity contribution in [1.29, 1.82) is 0 Å². The molecule has 4 rings (SSSR count). The summed E-state index contributed by atoms with van der Waals surface area (Å²) in [5.74, 6) is -3.70. The van der Waals surface area contributed by atoms with Crippen LogP contribution in [-0.2, 0) is 20.0 Å². The Bertz CT molecular complexity index is 1450. The highest BCUT2D eigenvalue weighted by Gasteiger charge is 2.80. The zero-order chi connectivity index (χ0) is 30.8. The molecule has 6 atom stereocenters. The molecule has 2 fully saturated rings. The van der Waals surface area contributed by atoms with Gasteiger partial charge in [-0.1, -0.05) is 38.5 Å². The van der Waals surface area contributed by atoms with Gasteiger partial charge in [-0.25, -0.2) is 4.79 Å². The molecule has 0 aromatic heterocycles. The third-order valence-corrected chi connectivity index (χ3v) is 9.44. The van der Waals surface area contributed by atoms with Crippen molar-refractivity contribution in [3.05, 3.63) is 63.8 Å². The lowest BCUT2D eigenvalue weighted by molar-refractivity contribution is -0.148. The Hall–Kier alpha value is -3.52. The maximum atomic E-state index is 14.6. The van der Waals surface area contributed by atoms with Gasteiger partial charge >= 0.3 is 5.97 Å². The molecule has 1 aromatic carbocycles. The van der Waals surface area contributed by atoms with Crippen LogP contribution in [0.2, 0.25) is 0 Å². The molecule has 1 aromatic rings. The molecular formula is C33H41NO7. The molecule has 2 aliphatic carbocycles. The Kier molecular flexibility index (Phi) is 7.49. The number of hydrogen-bond acceptors (Lipinski definition) is 6. The number of Topliss-reactive ketones (excluding diaryl/α,β-unsaturated/α-hetero) is 2. The third-order valence-electron chi connectivity index (χ3n) is 9.44. The fourth-order valence-corrected chi connectivity index (χ4v) is 7.77. The van der Waals surface area contributed by atoms with Gasteiger partial charge in [0, 0.05) is 29.4 Å². The van der Waals surface area contributed by atoms with E-state index in [1.165, 1.54) is 13.0 Å². The number of amides is 1. The van der Waals surface area contributed by atoms with E-state index in [0.717, 1.165) is 5.57 Å². The number of carboxylic acids is 1. The highest BCUT2D eigenvalue weighted by Crippen LogP contribution is 2.69. The number of aryl methyl sites for hydroxylation is 1. The van der Waals surface area contributed by atoms with Crippen LogP contribution in [0.4, 0.5) is 0 Å². The van der Waals surface area contributed by atoms with Gasteiger partial charge in [0.25, 0.3) is 0 Å². The van der Waals surface area contributed by atoms with Crippen LogP contribution in [0.3, 0.4) is 0 Å². The zero-order valence-electron chi connectivity index (χ0n) is 25.1. The molecule has 41 heavy (non-hydrogen) atoms. The molecule has 0 radical (unpaired) electrons. The summed E-state index contributed by atoms with van der Waals surface area (Å²) >= 11 is 0. The molecule has 1 aliphatic heterocycles. The number of aliphatic hydroxyl groups is 1. The lowest BCUT2D eigenvalue weighted by Gasteiger charge is -2.43. The number of carboxylic acid groups (broad SMARTS) is 1. The van der Waals surface area contributed by atoms with Gasteiger partial charge < -0.3 is 20.6 Å². The van der Waals surface area contributed by atoms with Gasteiger partial charge in [0.05, 0.1) is 5.41 Å². The molecule has 1 saturated heterocycles. The van der Waals surface area contributed by atoms with Crippen molar-refractivity contribution in [3.8, 4) is 5.75 Å². The predicted octanol–water partition coefficient (Wildman–Crippen LogP) is 4.77. The second kappa shape index (κ2) is 10.1. The summed E-state index contributed by atoms with van der Waals surface area (Å²) in [4.78, 5) is 53.4. The van der Waals surface area contributed by atoms with Crippen molar-refractivity contribution in [2.75, 3.05) is 0 Å². The lowest BCUT2D eigenvalue weighted by atomic mass is 9.60. The topological polar surface area (TPSA) is 141 Å². The molecule has 8 heteroatoms. The van der Waals surface area contributed by atoms with E-state index in [4.69, 9.17) is 0 Å². The van der Waals surface area contributed by atoms with Crippen molar-refractivity contribution in [1.82, 2.24) is 5.32 Å². The maximum Gasteiger partial charge on any atom is 0.331 e. The number of allylic oxidation sites excluding steroid dienone is 5. The Morgan fingerprint density at radius 1 is 1.10 bits per heavy atom. The van der Waals surface area contributed by atoms with Crippen LogP contribution < -0.4 is 5.32 Å². The third kappa shape index (κ3) is 4.47. The summed E-state index contributed by atoms with van der Waals surface area (Å²) in [5, 5.41) is 35.3. The standard InChI is InChI=1S/C33H41NO7/c1-16(2)9-23-26-31(8,27(36)20(6)11-17(3)10-18(4)12-21(7)30(39)40)33(41)15-32(26,34-29(23)38)28(37)22-13-19(5)25(35)14-24(22)33/h10-14,16-17,23,26,35,41H,9,15H2,1-8H3,(H,34,38)(H,39,40)/b18-10-,20-11+,21-12+/t17-,23-,26+,31-,32+,33+/m1/s1. The monoisotopic (exact) mass is 563 g/mol. The van der Waals surface area contributed by atoms with E-state index < -0.39 is 34.4 Å². The molecule has 1 heterocycles. The van der Waals surface area contributed by atoms with Crippen molar-refractivity contribution >= 4 is 23.4 Å². The maximum absolute atomic E-state index is 14.6. The molecule has 3 aliphatic rings. The second-order valence-electron chi connectivity index (χ2n) is 13.0. The molecule has 4 N–H and O–H groups in total. The summed E-state index contributed by atoms with van der Waals surface area (Å²) < 4.78 is 0. The fourth-order valence-electron chi connectivity index (χ4n) is 7.77. The van der Waals surface area contributed by atoms with Gasteiger partial charge in [-0.2, -0.15) is 0 Å². The lowest BCUT2D eigenvalue weighted by Crippen LogP contribution is -2.54. The van der Waals surface area contributed by atoms with Crippen LogP contribution in [-0.4, -0.2) is 44.3 Å². The Balaban J connectivity index is 1.89. The van der Waals surface area contributed by atoms with E-state index in [9.17, 15) is 34.5 Å². The summed E-state index contributed by atoms with van der Waals surface area (Å²) in [5.41, 5.74) is -2.64. The molecule has 2 bridgehead atoms. The SMILES string of the molecule is CC(=C/[C@@H](C)/C=C(\C)C(=O)[C@@]1(C)[C@@H]2[C@@H](CC(C)C)C(=O)N[C@@]23C[C@]1(O)c1cc(O)c(C)cc1C3=O)/C=C(\C)C(=O)O. The zero-order valence-corrected chi connectivity index (χ0v) is 25.1. The van der Waals surface area contributed by atoms with Crippen molar-refractivity contribution in [2.45, 2.75) is 79.4 Å². The number of ketones is 2. The van der Waals surface area contributed by atoms with Crippen molar-refractivity contribution < 1.29 is 34.5 Å². The first-order valence-electron chi connectivity index (χ1n) is 14.2. The van der Waals surface area contributed by atoms with E-state index in [1.807, 2.05) is 26.8 Å². The normalized spacial score (nSPS) is 32.1. The molecule has 1 saturated carbocycles. The quantitative estimate of drug-likeness (QED) is 0.264. The van der Waals surface area contributed by atoms with Crippen LogP contribution >= 0.6 is 0 Å². The summed E-state index contributed by atoms with van der Waals surface area (Å²) in [6, 6.07) is 2.94. The smallest absolute Gasteiger partial charge is 0.331 e. The molecule has 0 unspecified atom stereocenters. The van der Waals surface area contributed by atoms with Crippen LogP contribution in [0.1, 0.15) is 82.8 Å². The summed E-state index contributed by atoms with van der Waals surface area (Å²) in [6.45, 7) is 14.1. The number of phenolic OH excluding ortho intramolecular Hbond substituents is 1. The van der Waals surface area contributed by atoms with Crippen LogP contribution in [0.15, 0.2) is 47.1 Å². The number of benzene rings is 1. The van der Waals surface area contributed by atoms with Gasteiger partial charge in [0.1, 0.15) is 16.9 Å². The minimum atomic E-state index is -1.82. The molecular weight excluding hydrogens is 522 g/mol. The number of fused-ring (bicyclic) bond motifs is 3. The number of aliphatic carboxylic acids is 1. The van der Waals surface area contributed by atoms with Crippen LogP contribution in [0.25, 0.3) is 0 Å². The van der Waals surface area contributed by atoms with Gasteiger partial charge in [-0.05, 0) is 87.8 Å². The highest BCUT2D eigenvalue weighted by molar-refractivity contribution is 6.14. The Morgan fingerprint density at radius 2 is 1.73 bits per heavy atom. The molecule has 220 valence electrons. The van der Waals surface area contributed by atoms with Crippen molar-refractivity contribution in [2.24, 2.45) is 29.1 Å². The van der Waals surface area contributed by atoms with Gasteiger partial charge in [0.15, 0.2) is 11.6 Å². The molecule has 8 nitrogen and oxygen atoms in total. The van der Waals surface area contributed by atoms with E-state index >= 15 is 0 Å². The first kappa shape index (κ1) is 30.4. The van der Waals surface area contributed by atoms with Gasteiger partial charge in [-0.15, -0.1) is 0 Å². The van der Waals surface area contributed by atoms with E-state index in [1.54, 1.807) is 45.9 Å². The first-order valence-corrected chi connectivity index (χ1v) is 14.2. The molecule has 1 spiro atoms. The van der Waals surface area contributed by atoms with E-state index in [0.29, 0.717) is 17.6 Å².